The number of cyclic esters (lactones) is 1. The number of aryl methyl sites for hydroxylation is 1. The first-order valence-corrected chi connectivity index (χ1v) is 12.2. The third-order valence-corrected chi connectivity index (χ3v) is 7.95. The van der Waals surface area contributed by atoms with Crippen molar-refractivity contribution < 1.29 is 34.6 Å². The topological polar surface area (TPSA) is 147 Å². The summed E-state index contributed by atoms with van der Waals surface area (Å²) in [5, 5.41) is 14.9. The molecule has 0 spiro atoms. The Balaban J connectivity index is 1.63. The quantitative estimate of drug-likeness (QED) is 0.272. The largest absolute Gasteiger partial charge is 0.458 e. The number of ether oxygens (including phenoxy) is 1. The lowest BCUT2D eigenvalue weighted by Gasteiger charge is -2.31. The average molecular weight is 510 g/mol. The second kappa shape index (κ2) is 8.17. The first-order valence-electron chi connectivity index (χ1n) is 12.2. The number of aliphatic hydroxyl groups is 1. The number of carbonyl (C=O) groups excluding carboxylic acids is 2. The minimum Gasteiger partial charge on any atom is -0.458 e. The van der Waals surface area contributed by atoms with E-state index in [1.54, 1.807) is 19.9 Å². The zero-order valence-corrected chi connectivity index (χ0v) is 20.4. The zero-order chi connectivity index (χ0) is 26.2. The Bertz CT molecular complexity index is 1600. The second-order valence-corrected chi connectivity index (χ2v) is 9.82. The highest BCUT2D eigenvalue weighted by molar-refractivity contribution is 5.94. The van der Waals surface area contributed by atoms with Gasteiger partial charge in [0.25, 0.3) is 11.5 Å². The number of fused-ring (bicyclic) bond motifs is 5. The zero-order valence-electron chi connectivity index (χ0n) is 20.4. The molecule has 2 aliphatic heterocycles. The molecule has 37 heavy (non-hydrogen) atoms. The maximum Gasteiger partial charge on any atom is 0.343 e. The van der Waals surface area contributed by atoms with Gasteiger partial charge >= 0.3 is 5.97 Å². The molecule has 1 aliphatic carbocycles. The Morgan fingerprint density at radius 3 is 2.86 bits per heavy atom. The van der Waals surface area contributed by atoms with E-state index >= 15 is 0 Å². The number of hydrogen-bond acceptors (Lipinski definition) is 7. The molecule has 0 bridgehead atoms. The number of nitrogens with one attached hydrogen (secondary N) is 1. The Hall–Kier alpha value is -3.67. The van der Waals surface area contributed by atoms with E-state index in [1.807, 2.05) is 0 Å². The fraction of sp³-hybridized carbons (Fsp3) is 0.385. The number of nitrogens with zero attached hydrogens (tertiary/aromatic N) is 2. The van der Waals surface area contributed by atoms with Crippen LogP contribution in [0.1, 0.15) is 59.2 Å². The number of quaternary nitrogens is 1. The van der Waals surface area contributed by atoms with Crippen LogP contribution in [0.4, 0.5) is 4.39 Å². The summed E-state index contributed by atoms with van der Waals surface area (Å²) in [6.07, 6.45) is 1.11. The third-order valence-electron chi connectivity index (χ3n) is 7.95. The van der Waals surface area contributed by atoms with Crippen molar-refractivity contribution in [1.29, 1.82) is 0 Å². The molecule has 0 saturated carbocycles. The molecule has 10 nitrogen and oxygen atoms in total. The van der Waals surface area contributed by atoms with Crippen molar-refractivity contribution in [1.82, 2.24) is 14.9 Å². The second-order valence-electron chi connectivity index (χ2n) is 9.82. The van der Waals surface area contributed by atoms with Gasteiger partial charge in [-0.25, -0.2) is 20.1 Å². The Labute approximate surface area is 210 Å². The van der Waals surface area contributed by atoms with E-state index in [0.29, 0.717) is 35.3 Å². The lowest BCUT2D eigenvalue weighted by molar-refractivity contribution is -0.685. The number of hydrogen-bond donors (Lipinski definition) is 3. The summed E-state index contributed by atoms with van der Waals surface area (Å²) in [6, 6.07) is 2.59. The number of esters is 1. The van der Waals surface area contributed by atoms with E-state index in [1.165, 1.54) is 10.6 Å². The van der Waals surface area contributed by atoms with Gasteiger partial charge in [-0.1, -0.05) is 6.92 Å². The molecule has 6 rings (SSSR count). The lowest BCUT2D eigenvalue weighted by atomic mass is 9.81. The molecule has 3 aliphatic rings. The minimum absolute atomic E-state index is 0.0291. The molecule has 192 valence electrons. The van der Waals surface area contributed by atoms with Gasteiger partial charge in [-0.3, -0.25) is 9.59 Å². The molecule has 4 heterocycles. The van der Waals surface area contributed by atoms with Crippen LogP contribution >= 0.6 is 0 Å². The van der Waals surface area contributed by atoms with Crippen LogP contribution in [0.5, 0.6) is 0 Å². The maximum absolute atomic E-state index is 14.9. The number of halogens is 1. The van der Waals surface area contributed by atoms with E-state index in [9.17, 15) is 23.9 Å². The van der Waals surface area contributed by atoms with Crippen molar-refractivity contribution in [3.63, 3.8) is 0 Å². The van der Waals surface area contributed by atoms with Crippen molar-refractivity contribution >= 4 is 22.8 Å². The summed E-state index contributed by atoms with van der Waals surface area (Å²) in [4.78, 5) is 48.1. The molecule has 0 saturated heterocycles. The smallest absolute Gasteiger partial charge is 0.343 e. The molecule has 1 aromatic carbocycles. The summed E-state index contributed by atoms with van der Waals surface area (Å²) in [5.41, 5.74) is 2.31. The summed E-state index contributed by atoms with van der Waals surface area (Å²) in [7, 11) is 0. The molecular weight excluding hydrogens is 483 g/mol. The van der Waals surface area contributed by atoms with Crippen molar-refractivity contribution in [3.8, 4) is 11.4 Å². The van der Waals surface area contributed by atoms with Crippen LogP contribution in [0.3, 0.4) is 0 Å². The van der Waals surface area contributed by atoms with Gasteiger partial charge in [-0.05, 0) is 48.9 Å². The van der Waals surface area contributed by atoms with Gasteiger partial charge in [0.1, 0.15) is 12.4 Å². The van der Waals surface area contributed by atoms with Crippen molar-refractivity contribution in [3.05, 3.63) is 61.7 Å². The molecule has 3 aromatic rings. The van der Waals surface area contributed by atoms with Crippen molar-refractivity contribution in [2.75, 3.05) is 6.61 Å². The number of benzene rings is 1. The van der Waals surface area contributed by atoms with Crippen LogP contribution < -0.4 is 16.8 Å². The van der Waals surface area contributed by atoms with E-state index < -0.39 is 17.6 Å². The Morgan fingerprint density at radius 1 is 1.35 bits per heavy atom. The number of rotatable bonds is 4. The van der Waals surface area contributed by atoms with Crippen molar-refractivity contribution in [2.45, 2.75) is 57.9 Å². The van der Waals surface area contributed by atoms with Crippen molar-refractivity contribution in [2.24, 2.45) is 0 Å². The van der Waals surface area contributed by atoms with Gasteiger partial charge < -0.3 is 19.7 Å². The first kappa shape index (κ1) is 23.7. The maximum atomic E-state index is 14.9. The predicted octanol–water partition coefficient (Wildman–Crippen LogP) is 0.804. The van der Waals surface area contributed by atoms with Gasteiger partial charge in [0.05, 0.1) is 35.1 Å². The van der Waals surface area contributed by atoms with E-state index in [4.69, 9.17) is 14.6 Å². The Morgan fingerprint density at radius 2 is 2.14 bits per heavy atom. The highest BCUT2D eigenvalue weighted by Gasteiger charge is 2.46. The van der Waals surface area contributed by atoms with Gasteiger partial charge in [0, 0.05) is 22.6 Å². The molecule has 2 atom stereocenters. The Kier molecular flexibility index (Phi) is 5.23. The van der Waals surface area contributed by atoms with Crippen LogP contribution in [-0.2, 0) is 44.3 Å². The van der Waals surface area contributed by atoms with E-state index in [0.717, 1.165) is 22.1 Å². The molecular formula is C26H26FN4O6+. The number of carbonyl (C=O) groups is 2. The number of amides is 1. The monoisotopic (exact) mass is 509 g/mol. The fourth-order valence-electron chi connectivity index (χ4n) is 6.03. The average Bonchev–Trinajstić information content (AvgIpc) is 3.24. The molecule has 0 radical (unpaired) electrons. The van der Waals surface area contributed by atoms with Gasteiger partial charge in [-0.2, -0.15) is 4.84 Å². The van der Waals surface area contributed by atoms with E-state index in [2.05, 4.69) is 11.2 Å². The molecule has 0 fully saturated rings. The third kappa shape index (κ3) is 3.20. The lowest BCUT2D eigenvalue weighted by Crippen LogP contribution is -2.52. The van der Waals surface area contributed by atoms with Gasteiger partial charge in [-0.15, -0.1) is 0 Å². The standard InChI is InChI=1S/C26H25FN4O6/c1-3-26(35)15-6-19-23-13(8-31(19)24(33)14(15)9-36-25(26)34)22-17(29-20(32)10-37-28)5-4-12-11(2)16(27)7-18(30-23)21(12)22/h6-7,17,35H,3-5,8-10H2,1-2,28H3/p+1/t17-,26-/m0/s1. The summed E-state index contributed by atoms with van der Waals surface area (Å²) < 4.78 is 21.6. The fourth-order valence-corrected chi connectivity index (χ4v) is 6.03. The van der Waals surface area contributed by atoms with E-state index in [-0.39, 0.29) is 54.6 Å². The normalized spacial score (nSPS) is 21.3. The van der Waals surface area contributed by atoms with Crippen LogP contribution in [0.2, 0.25) is 0 Å². The SMILES string of the molecule is CC[C@@]1(O)C(=O)OCc2c1cc1n(c2=O)Cc2c-1nc1cc(F)c(C)c3c1c2[C@@H](NC(=O)CO[NH3+])CC3. The molecule has 5 N–H and O–H groups in total. The summed E-state index contributed by atoms with van der Waals surface area (Å²) >= 11 is 0. The molecule has 0 unspecified atom stereocenters. The number of aromatic nitrogens is 2. The molecule has 1 amide bonds. The summed E-state index contributed by atoms with van der Waals surface area (Å²) in [6.45, 7) is 3.11. The highest BCUT2D eigenvalue weighted by Crippen LogP contribution is 2.45. The first-order chi connectivity index (χ1) is 17.7. The van der Waals surface area contributed by atoms with Crippen LogP contribution in [-0.4, -0.2) is 33.1 Å². The predicted molar refractivity (Wildman–Crippen MR) is 127 cm³/mol. The molecule has 11 heteroatoms. The summed E-state index contributed by atoms with van der Waals surface area (Å²) in [5.74, 6) is 1.75. The van der Waals surface area contributed by atoms with Crippen LogP contribution in [0, 0.1) is 12.7 Å². The van der Waals surface area contributed by atoms with Gasteiger partial charge in [0.15, 0.2) is 12.2 Å². The molecule has 2 aromatic heterocycles. The number of pyridine rings is 2. The van der Waals surface area contributed by atoms with Crippen LogP contribution in [0.25, 0.3) is 22.3 Å². The minimum atomic E-state index is -1.95. The van der Waals surface area contributed by atoms with Gasteiger partial charge in [0.2, 0.25) is 0 Å². The van der Waals surface area contributed by atoms with Crippen LogP contribution in [0.15, 0.2) is 16.9 Å². The highest BCUT2D eigenvalue weighted by atomic mass is 19.1.